The van der Waals surface area contributed by atoms with Crippen LogP contribution in [0, 0.1) is 6.92 Å². The molecule has 1 aliphatic rings. The van der Waals surface area contributed by atoms with Crippen LogP contribution in [0.5, 0.6) is 0 Å². The Kier molecular flexibility index (Phi) is 4.49. The Bertz CT molecular complexity index is 828. The zero-order chi connectivity index (χ0) is 16.4. The highest BCUT2D eigenvalue weighted by Crippen LogP contribution is 2.25. The van der Waals surface area contributed by atoms with Gasteiger partial charge in [-0.1, -0.05) is 6.07 Å². The molecule has 0 aliphatic carbocycles. The maximum absolute atomic E-state index is 11.5. The minimum Gasteiger partial charge on any atom is -0.365 e. The van der Waals surface area contributed by atoms with Crippen LogP contribution in [0.25, 0.3) is 0 Å². The fourth-order valence-electron chi connectivity index (χ4n) is 2.39. The van der Waals surface area contributed by atoms with Gasteiger partial charge in [0.15, 0.2) is 15.7 Å². The summed E-state index contributed by atoms with van der Waals surface area (Å²) in [5.74, 6) is 1.20. The third kappa shape index (κ3) is 4.17. The number of anilines is 3. The van der Waals surface area contributed by atoms with Crippen LogP contribution in [0.15, 0.2) is 28.9 Å². The molecule has 1 fully saturated rings. The van der Waals surface area contributed by atoms with Crippen LogP contribution in [-0.4, -0.2) is 41.1 Å². The number of sulfone groups is 1. The van der Waals surface area contributed by atoms with Crippen LogP contribution in [0.2, 0.25) is 0 Å². The van der Waals surface area contributed by atoms with Crippen molar-refractivity contribution in [2.45, 2.75) is 19.4 Å². The Morgan fingerprint density at radius 3 is 2.87 bits per heavy atom. The number of nitrogens with one attached hydrogen (secondary N) is 2. The Morgan fingerprint density at radius 2 is 2.17 bits per heavy atom. The minimum atomic E-state index is -2.93. The third-order valence-corrected chi connectivity index (χ3v) is 5.94. The molecule has 0 spiro atoms. The van der Waals surface area contributed by atoms with E-state index in [1.54, 1.807) is 0 Å². The summed E-state index contributed by atoms with van der Waals surface area (Å²) in [4.78, 5) is 4.33. The van der Waals surface area contributed by atoms with Crippen LogP contribution in [-0.2, 0) is 9.84 Å². The van der Waals surface area contributed by atoms with E-state index >= 15 is 0 Å². The Morgan fingerprint density at radius 1 is 1.35 bits per heavy atom. The van der Waals surface area contributed by atoms with Crippen LogP contribution >= 0.6 is 15.9 Å². The summed E-state index contributed by atoms with van der Waals surface area (Å²) in [6.07, 6.45) is 2.07. The van der Waals surface area contributed by atoms with Gasteiger partial charge >= 0.3 is 0 Å². The molecule has 1 aliphatic heterocycles. The summed E-state index contributed by atoms with van der Waals surface area (Å²) in [6.45, 7) is 2.01. The molecule has 1 aromatic carbocycles. The van der Waals surface area contributed by atoms with Crippen molar-refractivity contribution in [3.63, 3.8) is 0 Å². The summed E-state index contributed by atoms with van der Waals surface area (Å²) in [7, 11) is -2.93. The first kappa shape index (κ1) is 16.1. The van der Waals surface area contributed by atoms with Crippen LogP contribution < -0.4 is 10.6 Å². The van der Waals surface area contributed by atoms with E-state index in [2.05, 4.69) is 41.7 Å². The average Bonchev–Trinajstić information content (AvgIpc) is 2.81. The maximum atomic E-state index is 11.5. The molecule has 0 amide bonds. The molecular formula is C14H16BrN5O2S. The van der Waals surface area contributed by atoms with E-state index in [4.69, 9.17) is 0 Å². The van der Waals surface area contributed by atoms with Gasteiger partial charge in [0.05, 0.1) is 23.4 Å². The van der Waals surface area contributed by atoms with Gasteiger partial charge in [-0.05, 0) is 47.0 Å². The molecule has 1 saturated heterocycles. The molecule has 3 rings (SSSR count). The van der Waals surface area contributed by atoms with Crippen LogP contribution in [0.3, 0.4) is 0 Å². The lowest BCUT2D eigenvalue weighted by molar-refractivity contribution is 0.602. The molecule has 9 heteroatoms. The summed E-state index contributed by atoms with van der Waals surface area (Å²) in [6, 6.07) is 5.76. The minimum absolute atomic E-state index is 0.128. The number of benzene rings is 1. The second-order valence-corrected chi connectivity index (χ2v) is 8.60. The smallest absolute Gasteiger partial charge is 0.249 e. The second-order valence-electron chi connectivity index (χ2n) is 5.52. The van der Waals surface area contributed by atoms with Gasteiger partial charge in [0.1, 0.15) is 0 Å². The predicted molar refractivity (Wildman–Crippen MR) is 92.7 cm³/mol. The standard InChI is InChI=1S/C14H16BrN5O2S/c1-9-2-3-12(11(15)6-9)18-14-19-13(7-16-20-14)17-10-4-5-23(21,22)8-10/h2-3,6-7,10H,4-5,8H2,1H3,(H2,17,18,19,20). The van der Waals surface area contributed by atoms with Crippen molar-refractivity contribution >= 4 is 43.2 Å². The van der Waals surface area contributed by atoms with Gasteiger partial charge < -0.3 is 10.6 Å². The van der Waals surface area contributed by atoms with Crippen molar-refractivity contribution in [2.75, 3.05) is 22.1 Å². The molecule has 0 saturated carbocycles. The monoisotopic (exact) mass is 397 g/mol. The highest BCUT2D eigenvalue weighted by molar-refractivity contribution is 9.10. The molecule has 1 aromatic heterocycles. The van der Waals surface area contributed by atoms with Crippen molar-refractivity contribution in [1.29, 1.82) is 0 Å². The van der Waals surface area contributed by atoms with Crippen molar-refractivity contribution in [3.8, 4) is 0 Å². The first-order valence-corrected chi connectivity index (χ1v) is 9.72. The highest BCUT2D eigenvalue weighted by atomic mass is 79.9. The zero-order valence-electron chi connectivity index (χ0n) is 12.5. The molecule has 7 nitrogen and oxygen atoms in total. The number of halogens is 1. The molecule has 23 heavy (non-hydrogen) atoms. The average molecular weight is 398 g/mol. The predicted octanol–water partition coefficient (Wildman–Crippen LogP) is 2.29. The van der Waals surface area contributed by atoms with Crippen molar-refractivity contribution in [3.05, 3.63) is 34.4 Å². The van der Waals surface area contributed by atoms with Crippen molar-refractivity contribution < 1.29 is 8.42 Å². The zero-order valence-corrected chi connectivity index (χ0v) is 14.9. The lowest BCUT2D eigenvalue weighted by Crippen LogP contribution is -2.21. The number of aromatic nitrogens is 3. The second kappa shape index (κ2) is 6.40. The lowest BCUT2D eigenvalue weighted by Gasteiger charge is -2.12. The van der Waals surface area contributed by atoms with E-state index in [-0.39, 0.29) is 17.5 Å². The SMILES string of the molecule is Cc1ccc(Nc2nncc(NC3CCS(=O)(=O)C3)n2)c(Br)c1. The maximum Gasteiger partial charge on any atom is 0.249 e. The largest absolute Gasteiger partial charge is 0.365 e. The fraction of sp³-hybridized carbons (Fsp3) is 0.357. The molecule has 122 valence electrons. The topological polar surface area (TPSA) is 96.9 Å². The van der Waals surface area contributed by atoms with Crippen LogP contribution in [0.4, 0.5) is 17.5 Å². The van der Waals surface area contributed by atoms with Gasteiger partial charge in [0, 0.05) is 10.5 Å². The van der Waals surface area contributed by atoms with Crippen molar-refractivity contribution in [2.24, 2.45) is 0 Å². The molecule has 2 heterocycles. The first-order valence-electron chi connectivity index (χ1n) is 7.11. The normalized spacial score (nSPS) is 19.5. The summed E-state index contributed by atoms with van der Waals surface area (Å²) >= 11 is 3.49. The van der Waals surface area contributed by atoms with Crippen molar-refractivity contribution in [1.82, 2.24) is 15.2 Å². The molecule has 1 atom stereocenters. The van der Waals surface area contributed by atoms with Gasteiger partial charge in [-0.3, -0.25) is 0 Å². The summed E-state index contributed by atoms with van der Waals surface area (Å²) in [5.41, 5.74) is 1.97. The molecule has 0 bridgehead atoms. The molecule has 2 N–H and O–H groups in total. The first-order chi connectivity index (χ1) is 10.9. The summed E-state index contributed by atoms with van der Waals surface area (Å²) < 4.78 is 23.9. The number of hydrogen-bond donors (Lipinski definition) is 2. The van der Waals surface area contributed by atoms with E-state index in [0.29, 0.717) is 18.2 Å². The van der Waals surface area contributed by atoms with Gasteiger partial charge in [0.25, 0.3) is 0 Å². The lowest BCUT2D eigenvalue weighted by atomic mass is 10.2. The Balaban J connectivity index is 1.72. The Labute approximate surface area is 143 Å². The van der Waals surface area contributed by atoms with E-state index in [1.165, 1.54) is 6.20 Å². The number of nitrogens with zero attached hydrogens (tertiary/aromatic N) is 3. The molecular weight excluding hydrogens is 382 g/mol. The Hall–Kier alpha value is -1.74. The summed E-state index contributed by atoms with van der Waals surface area (Å²) in [5, 5.41) is 14.0. The fourth-order valence-corrected chi connectivity index (χ4v) is 4.65. The van der Waals surface area contributed by atoms with Gasteiger partial charge in [-0.2, -0.15) is 10.1 Å². The molecule has 0 radical (unpaired) electrons. The van der Waals surface area contributed by atoms with Gasteiger partial charge in [-0.15, -0.1) is 5.10 Å². The van der Waals surface area contributed by atoms with E-state index in [1.807, 2.05) is 25.1 Å². The van der Waals surface area contributed by atoms with E-state index in [9.17, 15) is 8.42 Å². The number of hydrogen-bond acceptors (Lipinski definition) is 7. The highest BCUT2D eigenvalue weighted by Gasteiger charge is 2.28. The molecule has 2 aromatic rings. The molecule has 1 unspecified atom stereocenters. The number of rotatable bonds is 4. The van der Waals surface area contributed by atoms with Gasteiger partial charge in [-0.25, -0.2) is 8.42 Å². The van der Waals surface area contributed by atoms with Crippen LogP contribution in [0.1, 0.15) is 12.0 Å². The third-order valence-electron chi connectivity index (χ3n) is 3.51. The van der Waals surface area contributed by atoms with Gasteiger partial charge in [0.2, 0.25) is 5.95 Å². The quantitative estimate of drug-likeness (QED) is 0.816. The van der Waals surface area contributed by atoms with E-state index in [0.717, 1.165) is 15.7 Å². The number of aryl methyl sites for hydroxylation is 1. The van der Waals surface area contributed by atoms with E-state index < -0.39 is 9.84 Å².